The second-order valence-electron chi connectivity index (χ2n) is 5.91. The van der Waals surface area contributed by atoms with Crippen molar-refractivity contribution in [2.75, 3.05) is 13.2 Å². The zero-order chi connectivity index (χ0) is 15.5. The fourth-order valence-corrected chi connectivity index (χ4v) is 4.18. The molecule has 1 aromatic rings. The minimum absolute atomic E-state index is 0.00995. The highest BCUT2D eigenvalue weighted by molar-refractivity contribution is 9.10. The molecule has 1 unspecified atom stereocenters. The molecule has 1 saturated carbocycles. The van der Waals surface area contributed by atoms with E-state index in [9.17, 15) is 0 Å². The summed E-state index contributed by atoms with van der Waals surface area (Å²) < 4.78 is 12.4. The van der Waals surface area contributed by atoms with Crippen LogP contribution in [0, 0.1) is 5.41 Å². The number of rotatable bonds is 6. The summed E-state index contributed by atoms with van der Waals surface area (Å²) in [6.45, 7) is 7.48. The Kier molecular flexibility index (Phi) is 5.84. The largest absolute Gasteiger partial charge is 0.490 e. The van der Waals surface area contributed by atoms with Crippen molar-refractivity contribution in [2.24, 2.45) is 5.41 Å². The molecule has 0 heterocycles. The maximum Gasteiger partial charge on any atom is 0.162 e. The molecule has 0 spiro atoms. The lowest BCUT2D eigenvalue weighted by Gasteiger charge is -2.31. The lowest BCUT2D eigenvalue weighted by Crippen LogP contribution is -2.18. The van der Waals surface area contributed by atoms with E-state index in [1.54, 1.807) is 0 Å². The first-order valence-corrected chi connectivity index (χ1v) is 8.98. The summed E-state index contributed by atoms with van der Waals surface area (Å²) in [5.41, 5.74) is 1.27. The van der Waals surface area contributed by atoms with Gasteiger partial charge in [-0.05, 0) is 49.8 Å². The molecule has 0 amide bonds. The van der Waals surface area contributed by atoms with Crippen molar-refractivity contribution in [1.82, 2.24) is 0 Å². The molecule has 0 N–H and O–H groups in total. The van der Waals surface area contributed by atoms with Crippen LogP contribution in [-0.2, 0) is 0 Å². The monoisotopic (exact) mass is 374 g/mol. The summed E-state index contributed by atoms with van der Waals surface area (Å²) in [4.78, 5) is 0. The summed E-state index contributed by atoms with van der Waals surface area (Å²) in [5.74, 6) is 1.56. The zero-order valence-electron chi connectivity index (χ0n) is 13.0. The third-order valence-electron chi connectivity index (χ3n) is 4.29. The van der Waals surface area contributed by atoms with Gasteiger partial charge in [-0.15, -0.1) is 11.6 Å². The second-order valence-corrected chi connectivity index (χ2v) is 7.20. The molecule has 1 atom stereocenters. The van der Waals surface area contributed by atoms with Crippen molar-refractivity contribution in [3.8, 4) is 11.5 Å². The van der Waals surface area contributed by atoms with Gasteiger partial charge < -0.3 is 9.47 Å². The van der Waals surface area contributed by atoms with E-state index in [0.717, 1.165) is 21.5 Å². The van der Waals surface area contributed by atoms with Gasteiger partial charge in [-0.1, -0.05) is 35.7 Å². The molecule has 1 fully saturated rings. The van der Waals surface area contributed by atoms with Gasteiger partial charge in [0.1, 0.15) is 0 Å². The lowest BCUT2D eigenvalue weighted by atomic mass is 9.81. The van der Waals surface area contributed by atoms with Gasteiger partial charge in [-0.2, -0.15) is 0 Å². The molecular weight excluding hydrogens is 352 g/mol. The molecule has 0 aliphatic heterocycles. The number of hydrogen-bond acceptors (Lipinski definition) is 2. The highest BCUT2D eigenvalue weighted by Gasteiger charge is 2.38. The van der Waals surface area contributed by atoms with Crippen LogP contribution in [0.3, 0.4) is 0 Å². The predicted octanol–water partition coefficient (Wildman–Crippen LogP) is 6.11. The smallest absolute Gasteiger partial charge is 0.162 e. The Balaban J connectivity index is 2.36. The number of hydrogen-bond donors (Lipinski definition) is 0. The molecule has 0 saturated heterocycles. The van der Waals surface area contributed by atoms with Gasteiger partial charge in [0.05, 0.1) is 18.6 Å². The van der Waals surface area contributed by atoms with E-state index < -0.39 is 0 Å². The Bertz CT molecular complexity index is 484. The highest BCUT2D eigenvalue weighted by atomic mass is 79.9. The van der Waals surface area contributed by atoms with Gasteiger partial charge in [0.15, 0.2) is 11.5 Å². The summed E-state index contributed by atoms with van der Waals surface area (Å²) in [7, 11) is 0. The Labute approximate surface area is 141 Å². The molecule has 1 aliphatic carbocycles. The number of benzene rings is 1. The fourth-order valence-electron chi connectivity index (χ4n) is 3.09. The first kappa shape index (κ1) is 17.0. The van der Waals surface area contributed by atoms with Crippen LogP contribution >= 0.6 is 27.5 Å². The van der Waals surface area contributed by atoms with Crippen molar-refractivity contribution in [2.45, 2.75) is 51.8 Å². The van der Waals surface area contributed by atoms with Gasteiger partial charge in [-0.3, -0.25) is 0 Å². The molecule has 21 heavy (non-hydrogen) atoms. The Morgan fingerprint density at radius 1 is 1.14 bits per heavy atom. The molecule has 4 heteroatoms. The SMILES string of the molecule is CCOc1cc(Br)c(C(Cl)C2(C)CCCC2)cc1OCC. The van der Waals surface area contributed by atoms with Crippen molar-refractivity contribution < 1.29 is 9.47 Å². The third-order valence-corrected chi connectivity index (χ3v) is 5.74. The normalized spacial score (nSPS) is 18.5. The number of ether oxygens (including phenoxy) is 2. The van der Waals surface area contributed by atoms with E-state index in [2.05, 4.69) is 22.9 Å². The quantitative estimate of drug-likeness (QED) is 0.559. The first-order valence-electron chi connectivity index (χ1n) is 7.75. The maximum absolute atomic E-state index is 6.83. The van der Waals surface area contributed by atoms with Gasteiger partial charge in [0.25, 0.3) is 0 Å². The predicted molar refractivity (Wildman–Crippen MR) is 91.6 cm³/mol. The van der Waals surface area contributed by atoms with Crippen molar-refractivity contribution in [3.63, 3.8) is 0 Å². The lowest BCUT2D eigenvalue weighted by molar-refractivity contribution is 0.285. The Morgan fingerprint density at radius 2 is 1.67 bits per heavy atom. The topological polar surface area (TPSA) is 18.5 Å². The molecule has 2 nitrogen and oxygen atoms in total. The Hall–Kier alpha value is -0.410. The van der Waals surface area contributed by atoms with Crippen LogP contribution in [-0.4, -0.2) is 13.2 Å². The van der Waals surface area contributed by atoms with E-state index in [0.29, 0.717) is 13.2 Å². The summed E-state index contributed by atoms with van der Waals surface area (Å²) >= 11 is 10.5. The van der Waals surface area contributed by atoms with E-state index >= 15 is 0 Å². The first-order chi connectivity index (χ1) is 10.0. The van der Waals surface area contributed by atoms with Crippen LogP contribution in [0.2, 0.25) is 0 Å². The van der Waals surface area contributed by atoms with Crippen LogP contribution in [0.25, 0.3) is 0 Å². The molecule has 1 aromatic carbocycles. The van der Waals surface area contributed by atoms with Crippen LogP contribution in [0.4, 0.5) is 0 Å². The van der Waals surface area contributed by atoms with Gasteiger partial charge in [0, 0.05) is 4.47 Å². The molecule has 0 aromatic heterocycles. The van der Waals surface area contributed by atoms with Crippen LogP contribution < -0.4 is 9.47 Å². The average Bonchev–Trinajstić information content (AvgIpc) is 2.89. The van der Waals surface area contributed by atoms with E-state index in [-0.39, 0.29) is 10.8 Å². The third kappa shape index (κ3) is 3.68. The standard InChI is InChI=1S/C17H24BrClO2/c1-4-20-14-10-12(13(18)11-15(14)21-5-2)16(19)17(3)8-6-7-9-17/h10-11,16H,4-9H2,1-3H3. The van der Waals surface area contributed by atoms with Gasteiger partial charge in [0.2, 0.25) is 0 Å². The molecule has 0 radical (unpaired) electrons. The average molecular weight is 376 g/mol. The second kappa shape index (κ2) is 7.23. The van der Waals surface area contributed by atoms with Crippen LogP contribution in [0.5, 0.6) is 11.5 Å². The summed E-state index contributed by atoms with van der Waals surface area (Å²) in [6.07, 6.45) is 4.91. The van der Waals surface area contributed by atoms with Gasteiger partial charge in [-0.25, -0.2) is 0 Å². The van der Waals surface area contributed by atoms with Crippen molar-refractivity contribution in [3.05, 3.63) is 22.2 Å². The molecule has 1 aliphatic rings. The Morgan fingerprint density at radius 3 is 2.19 bits per heavy atom. The van der Waals surface area contributed by atoms with Crippen LogP contribution in [0.15, 0.2) is 16.6 Å². The van der Waals surface area contributed by atoms with Crippen LogP contribution in [0.1, 0.15) is 57.4 Å². The molecule has 2 rings (SSSR count). The summed E-state index contributed by atoms with van der Waals surface area (Å²) in [5, 5.41) is -0.00995. The van der Waals surface area contributed by atoms with Crippen molar-refractivity contribution >= 4 is 27.5 Å². The minimum Gasteiger partial charge on any atom is -0.490 e. The molecule has 0 bridgehead atoms. The van der Waals surface area contributed by atoms with E-state index in [1.165, 1.54) is 25.7 Å². The molecular formula is C17H24BrClO2. The number of halogens is 2. The summed E-state index contributed by atoms with van der Waals surface area (Å²) in [6, 6.07) is 4.03. The van der Waals surface area contributed by atoms with Gasteiger partial charge >= 0.3 is 0 Å². The van der Waals surface area contributed by atoms with E-state index in [4.69, 9.17) is 21.1 Å². The number of alkyl halides is 1. The fraction of sp³-hybridized carbons (Fsp3) is 0.647. The highest BCUT2D eigenvalue weighted by Crippen LogP contribution is 2.53. The zero-order valence-corrected chi connectivity index (χ0v) is 15.4. The molecule has 118 valence electrons. The van der Waals surface area contributed by atoms with Crippen molar-refractivity contribution in [1.29, 1.82) is 0 Å². The maximum atomic E-state index is 6.83. The van der Waals surface area contributed by atoms with E-state index in [1.807, 2.05) is 26.0 Å². The minimum atomic E-state index is -0.00995.